The lowest BCUT2D eigenvalue weighted by Gasteiger charge is -2.31. The van der Waals surface area contributed by atoms with Crippen LogP contribution in [0.2, 0.25) is 0 Å². The highest BCUT2D eigenvalue weighted by atomic mass is 32.1. The highest BCUT2D eigenvalue weighted by Crippen LogP contribution is 2.33. The number of piperidine rings is 1. The monoisotopic (exact) mass is 439 g/mol. The Hall–Kier alpha value is -3.13. The predicted molar refractivity (Wildman–Crippen MR) is 120 cm³/mol. The molecule has 0 unspecified atom stereocenters. The normalized spacial score (nSPS) is 14.5. The van der Waals surface area contributed by atoms with Crippen molar-refractivity contribution in [2.24, 2.45) is 0 Å². The van der Waals surface area contributed by atoms with Crippen molar-refractivity contribution in [3.63, 3.8) is 0 Å². The predicted octanol–water partition coefficient (Wildman–Crippen LogP) is 3.45. The molecule has 162 valence electrons. The van der Waals surface area contributed by atoms with E-state index in [1.165, 1.54) is 18.9 Å². The number of fused-ring (bicyclic) bond motifs is 1. The molecule has 4 rings (SSSR count). The topological polar surface area (TPSA) is 80.8 Å². The fourth-order valence-electron chi connectivity index (χ4n) is 3.75. The maximum atomic E-state index is 12.6. The molecule has 2 heterocycles. The Morgan fingerprint density at radius 2 is 1.77 bits per heavy atom. The Morgan fingerprint density at radius 1 is 1.10 bits per heavy atom. The number of hydrogen-bond donors (Lipinski definition) is 1. The molecular formula is C23H25N3O4S. The van der Waals surface area contributed by atoms with E-state index in [2.05, 4.69) is 11.4 Å². The van der Waals surface area contributed by atoms with Gasteiger partial charge in [-0.1, -0.05) is 12.1 Å². The molecule has 31 heavy (non-hydrogen) atoms. The van der Waals surface area contributed by atoms with Crippen LogP contribution in [0.4, 0.5) is 0 Å². The van der Waals surface area contributed by atoms with Gasteiger partial charge in [0, 0.05) is 30.6 Å². The minimum Gasteiger partial charge on any atom is -0.497 e. The number of hydrogen-bond acceptors (Lipinski definition) is 6. The summed E-state index contributed by atoms with van der Waals surface area (Å²) in [5.41, 5.74) is 1.43. The number of para-hydroxylation sites is 1. The van der Waals surface area contributed by atoms with Crippen LogP contribution >= 0.6 is 11.3 Å². The van der Waals surface area contributed by atoms with Crippen molar-refractivity contribution in [2.75, 3.05) is 33.9 Å². The number of rotatable bonds is 6. The first-order valence-electron chi connectivity index (χ1n) is 10.2. The van der Waals surface area contributed by atoms with Crippen molar-refractivity contribution in [3.05, 3.63) is 53.0 Å². The van der Waals surface area contributed by atoms with Crippen molar-refractivity contribution in [1.29, 1.82) is 0 Å². The molecule has 1 N–H and O–H groups in total. The smallest absolute Gasteiger partial charge is 0.251 e. The van der Waals surface area contributed by atoms with E-state index in [0.717, 1.165) is 23.4 Å². The highest BCUT2D eigenvalue weighted by molar-refractivity contribution is 7.18. The molecule has 1 fully saturated rings. The number of likely N-dealkylation sites (tertiary alicyclic amines) is 1. The summed E-state index contributed by atoms with van der Waals surface area (Å²) in [4.78, 5) is 31.7. The Morgan fingerprint density at radius 3 is 2.42 bits per heavy atom. The number of benzene rings is 2. The zero-order valence-corrected chi connectivity index (χ0v) is 18.4. The van der Waals surface area contributed by atoms with Crippen LogP contribution in [0.5, 0.6) is 11.5 Å². The summed E-state index contributed by atoms with van der Waals surface area (Å²) in [6.07, 6.45) is 1.76. The quantitative estimate of drug-likeness (QED) is 0.636. The molecule has 1 aliphatic rings. The second kappa shape index (κ2) is 9.34. The molecule has 0 bridgehead atoms. The Kier molecular flexibility index (Phi) is 6.36. The van der Waals surface area contributed by atoms with E-state index in [1.807, 2.05) is 23.1 Å². The van der Waals surface area contributed by atoms with E-state index in [4.69, 9.17) is 14.5 Å². The van der Waals surface area contributed by atoms with Crippen LogP contribution in [0.15, 0.2) is 42.5 Å². The van der Waals surface area contributed by atoms with Crippen molar-refractivity contribution < 1.29 is 19.1 Å². The van der Waals surface area contributed by atoms with E-state index in [0.29, 0.717) is 36.1 Å². The largest absolute Gasteiger partial charge is 0.497 e. The number of aromatic nitrogens is 1. The lowest BCUT2D eigenvalue weighted by atomic mass is 9.97. The number of amides is 2. The number of nitrogens with zero attached hydrogens (tertiary/aromatic N) is 2. The molecule has 0 radical (unpaired) electrons. The van der Waals surface area contributed by atoms with E-state index in [-0.39, 0.29) is 18.4 Å². The van der Waals surface area contributed by atoms with E-state index in [9.17, 15) is 9.59 Å². The Labute approximate surface area is 185 Å². The fourth-order valence-corrected chi connectivity index (χ4v) is 4.89. The molecule has 0 saturated carbocycles. The lowest BCUT2D eigenvalue weighted by Crippen LogP contribution is -2.43. The van der Waals surface area contributed by atoms with Gasteiger partial charge in [-0.3, -0.25) is 9.59 Å². The number of carbonyl (C=O) groups is 2. The van der Waals surface area contributed by atoms with Gasteiger partial charge < -0.3 is 19.7 Å². The van der Waals surface area contributed by atoms with Crippen LogP contribution in [-0.2, 0) is 4.79 Å². The first-order valence-corrected chi connectivity index (χ1v) is 11.0. The molecule has 7 nitrogen and oxygen atoms in total. The van der Waals surface area contributed by atoms with Crippen LogP contribution in [-0.4, -0.2) is 55.6 Å². The van der Waals surface area contributed by atoms with E-state index in [1.54, 1.807) is 29.5 Å². The average molecular weight is 440 g/mol. The number of carbonyl (C=O) groups excluding carboxylic acids is 2. The third-order valence-electron chi connectivity index (χ3n) is 5.52. The van der Waals surface area contributed by atoms with Gasteiger partial charge in [0.2, 0.25) is 5.91 Å². The van der Waals surface area contributed by atoms with Crippen molar-refractivity contribution >= 4 is 33.4 Å². The molecule has 1 saturated heterocycles. The highest BCUT2D eigenvalue weighted by Gasteiger charge is 2.26. The van der Waals surface area contributed by atoms with E-state index < -0.39 is 0 Å². The van der Waals surface area contributed by atoms with Gasteiger partial charge in [0.05, 0.1) is 36.0 Å². The maximum absolute atomic E-state index is 12.6. The third-order valence-corrected chi connectivity index (χ3v) is 6.72. The van der Waals surface area contributed by atoms with Gasteiger partial charge in [0.15, 0.2) is 0 Å². The summed E-state index contributed by atoms with van der Waals surface area (Å²) in [6.45, 7) is 1.30. The number of ether oxygens (including phenoxy) is 2. The van der Waals surface area contributed by atoms with Gasteiger partial charge in [-0.25, -0.2) is 4.98 Å². The van der Waals surface area contributed by atoms with Crippen molar-refractivity contribution in [2.45, 2.75) is 18.8 Å². The van der Waals surface area contributed by atoms with Gasteiger partial charge in [-0.15, -0.1) is 11.3 Å². The summed E-state index contributed by atoms with van der Waals surface area (Å²) >= 11 is 1.74. The Balaban J connectivity index is 1.30. The SMILES string of the molecule is COc1cc(OC)cc(C(=O)NCC(=O)N2CCC(c3nc4ccccc4s3)CC2)c1. The van der Waals surface area contributed by atoms with Gasteiger partial charge in [-0.2, -0.15) is 0 Å². The second-order valence-corrected chi connectivity index (χ2v) is 8.52. The summed E-state index contributed by atoms with van der Waals surface area (Å²) in [5.74, 6) is 1.00. The van der Waals surface area contributed by atoms with Crippen LogP contribution in [0.3, 0.4) is 0 Å². The summed E-state index contributed by atoms with van der Waals surface area (Å²) < 4.78 is 11.6. The van der Waals surface area contributed by atoms with Crippen LogP contribution < -0.4 is 14.8 Å². The molecule has 0 aliphatic carbocycles. The van der Waals surface area contributed by atoms with Gasteiger partial charge in [0.1, 0.15) is 11.5 Å². The van der Waals surface area contributed by atoms with Gasteiger partial charge in [-0.05, 0) is 37.1 Å². The van der Waals surface area contributed by atoms with E-state index >= 15 is 0 Å². The minimum absolute atomic E-state index is 0.0375. The molecule has 0 spiro atoms. The molecule has 1 aromatic heterocycles. The standard InChI is InChI=1S/C23H25N3O4S/c1-29-17-11-16(12-18(13-17)30-2)22(28)24-14-21(27)26-9-7-15(8-10-26)23-25-19-5-3-4-6-20(19)31-23/h3-6,11-13,15H,7-10,14H2,1-2H3,(H,24,28). The molecule has 0 atom stereocenters. The third kappa shape index (κ3) is 4.80. The summed E-state index contributed by atoms with van der Waals surface area (Å²) in [7, 11) is 3.05. The molecule has 3 aromatic rings. The molecule has 8 heteroatoms. The van der Waals surface area contributed by atoms with Crippen molar-refractivity contribution in [1.82, 2.24) is 15.2 Å². The molecule has 2 amide bonds. The molecule has 2 aromatic carbocycles. The van der Waals surface area contributed by atoms with Crippen LogP contribution in [0.25, 0.3) is 10.2 Å². The number of methoxy groups -OCH3 is 2. The van der Waals surface area contributed by atoms with Crippen molar-refractivity contribution in [3.8, 4) is 11.5 Å². The summed E-state index contributed by atoms with van der Waals surface area (Å²) in [5, 5.41) is 3.85. The summed E-state index contributed by atoms with van der Waals surface area (Å²) in [6, 6.07) is 13.1. The lowest BCUT2D eigenvalue weighted by molar-refractivity contribution is -0.131. The first kappa shape index (κ1) is 21.1. The zero-order valence-electron chi connectivity index (χ0n) is 17.6. The first-order chi connectivity index (χ1) is 15.1. The van der Waals surface area contributed by atoms with Crippen LogP contribution in [0.1, 0.15) is 34.1 Å². The zero-order chi connectivity index (χ0) is 21.8. The fraction of sp³-hybridized carbons (Fsp3) is 0.348. The average Bonchev–Trinajstić information content (AvgIpc) is 3.26. The molecule has 1 aliphatic heterocycles. The Bertz CT molecular complexity index is 1030. The maximum Gasteiger partial charge on any atom is 0.251 e. The van der Waals surface area contributed by atoms with Gasteiger partial charge in [0.25, 0.3) is 5.91 Å². The minimum atomic E-state index is -0.338. The molecular weight excluding hydrogens is 414 g/mol. The van der Waals surface area contributed by atoms with Crippen LogP contribution in [0, 0.1) is 0 Å². The number of nitrogens with one attached hydrogen (secondary N) is 1. The van der Waals surface area contributed by atoms with Gasteiger partial charge >= 0.3 is 0 Å². The number of thiazole rings is 1. The second-order valence-electron chi connectivity index (χ2n) is 7.46.